The Balaban J connectivity index is 2.76. The second kappa shape index (κ2) is 2.95. The van der Waals surface area contributed by atoms with E-state index in [-0.39, 0.29) is 5.43 Å². The molecule has 15 heavy (non-hydrogen) atoms. The first-order valence-corrected chi connectivity index (χ1v) is 4.75. The summed E-state index contributed by atoms with van der Waals surface area (Å²) in [6, 6.07) is 12.7. The summed E-state index contributed by atoms with van der Waals surface area (Å²) < 4.78 is 5.41. The van der Waals surface area contributed by atoms with Crippen LogP contribution in [0.5, 0.6) is 0 Å². The molecule has 3 rings (SSSR count). The fraction of sp³-hybridized carbons (Fsp3) is 0. The zero-order valence-electron chi connectivity index (χ0n) is 7.94. The first kappa shape index (κ1) is 8.24. The number of benzene rings is 1. The quantitative estimate of drug-likeness (QED) is 0.553. The summed E-state index contributed by atoms with van der Waals surface area (Å²) in [6.07, 6.45) is 1.64. The lowest BCUT2D eigenvalue weighted by atomic mass is 10.2. The molecule has 0 saturated heterocycles. The van der Waals surface area contributed by atoms with Crippen LogP contribution in [-0.4, -0.2) is 0 Å². The highest BCUT2D eigenvalue weighted by atomic mass is 16.3. The van der Waals surface area contributed by atoms with Gasteiger partial charge in [-0.1, -0.05) is 24.3 Å². The van der Waals surface area contributed by atoms with Gasteiger partial charge < -0.3 is 4.42 Å². The molecule has 0 aliphatic rings. The first-order valence-electron chi connectivity index (χ1n) is 4.75. The molecule has 0 spiro atoms. The molecule has 0 N–H and O–H groups in total. The van der Waals surface area contributed by atoms with Gasteiger partial charge in [-0.25, -0.2) is 0 Å². The SMILES string of the molecule is O=c1ccc2ccoc2c2ccccc12. The van der Waals surface area contributed by atoms with Crippen LogP contribution in [0.3, 0.4) is 0 Å². The van der Waals surface area contributed by atoms with Crippen molar-refractivity contribution >= 4 is 21.7 Å². The summed E-state index contributed by atoms with van der Waals surface area (Å²) in [7, 11) is 0. The smallest absolute Gasteiger partial charge is 0.186 e. The fourth-order valence-corrected chi connectivity index (χ4v) is 1.82. The normalized spacial score (nSPS) is 10.9. The van der Waals surface area contributed by atoms with Crippen molar-refractivity contribution in [2.75, 3.05) is 0 Å². The highest BCUT2D eigenvalue weighted by molar-refractivity contribution is 6.02. The van der Waals surface area contributed by atoms with Gasteiger partial charge in [-0.15, -0.1) is 0 Å². The summed E-state index contributed by atoms with van der Waals surface area (Å²) in [5.74, 6) is 0. The number of hydrogen-bond acceptors (Lipinski definition) is 2. The lowest BCUT2D eigenvalue weighted by Crippen LogP contribution is -1.93. The van der Waals surface area contributed by atoms with Crippen LogP contribution >= 0.6 is 0 Å². The summed E-state index contributed by atoms with van der Waals surface area (Å²) in [5.41, 5.74) is 0.796. The third-order valence-corrected chi connectivity index (χ3v) is 2.55. The van der Waals surface area contributed by atoms with E-state index in [1.54, 1.807) is 18.4 Å². The molecule has 0 aliphatic carbocycles. The standard InChI is InChI=1S/C13H8O2/c14-12-6-5-9-7-8-15-13(9)11-4-2-1-3-10(11)12/h1-8H. The van der Waals surface area contributed by atoms with Gasteiger partial charge in [0.25, 0.3) is 0 Å². The van der Waals surface area contributed by atoms with Crippen LogP contribution < -0.4 is 5.43 Å². The van der Waals surface area contributed by atoms with E-state index in [1.165, 1.54) is 0 Å². The van der Waals surface area contributed by atoms with E-state index >= 15 is 0 Å². The summed E-state index contributed by atoms with van der Waals surface area (Å²) >= 11 is 0. The molecule has 72 valence electrons. The maximum Gasteiger partial charge on any atom is 0.186 e. The van der Waals surface area contributed by atoms with Crippen LogP contribution in [0, 0.1) is 0 Å². The highest BCUT2D eigenvalue weighted by Crippen LogP contribution is 2.21. The Morgan fingerprint density at radius 3 is 2.53 bits per heavy atom. The third-order valence-electron chi connectivity index (χ3n) is 2.55. The Hall–Kier alpha value is -2.09. The van der Waals surface area contributed by atoms with Crippen molar-refractivity contribution in [2.24, 2.45) is 0 Å². The van der Waals surface area contributed by atoms with E-state index in [4.69, 9.17) is 4.42 Å². The summed E-state index contributed by atoms with van der Waals surface area (Å²) in [4.78, 5) is 11.7. The van der Waals surface area contributed by atoms with Gasteiger partial charge >= 0.3 is 0 Å². The number of fused-ring (bicyclic) bond motifs is 3. The third kappa shape index (κ3) is 1.15. The predicted molar refractivity (Wildman–Crippen MR) is 60.0 cm³/mol. The van der Waals surface area contributed by atoms with Gasteiger partial charge in [0.05, 0.1) is 6.26 Å². The zero-order chi connectivity index (χ0) is 10.3. The maximum atomic E-state index is 11.7. The molecule has 0 radical (unpaired) electrons. The molecule has 0 atom stereocenters. The molecule has 0 unspecified atom stereocenters. The topological polar surface area (TPSA) is 30.2 Å². The van der Waals surface area contributed by atoms with Crippen molar-refractivity contribution in [3.8, 4) is 0 Å². The Bertz CT molecular complexity index is 695. The van der Waals surface area contributed by atoms with Crippen molar-refractivity contribution in [1.29, 1.82) is 0 Å². The van der Waals surface area contributed by atoms with Crippen molar-refractivity contribution in [1.82, 2.24) is 0 Å². The molecule has 0 amide bonds. The first-order chi connectivity index (χ1) is 7.36. The van der Waals surface area contributed by atoms with Crippen molar-refractivity contribution in [2.45, 2.75) is 0 Å². The number of rotatable bonds is 0. The second-order valence-electron chi connectivity index (χ2n) is 3.45. The molecule has 1 heterocycles. The van der Waals surface area contributed by atoms with Gasteiger partial charge in [-0.2, -0.15) is 0 Å². The molecular formula is C13H8O2. The minimum absolute atomic E-state index is 0.0250. The molecule has 0 fully saturated rings. The molecule has 2 nitrogen and oxygen atoms in total. The molecule has 2 heteroatoms. The van der Waals surface area contributed by atoms with E-state index in [9.17, 15) is 4.79 Å². The lowest BCUT2D eigenvalue weighted by molar-refractivity contribution is 0.619. The Labute approximate surface area is 85.8 Å². The van der Waals surface area contributed by atoms with Crippen LogP contribution in [0.25, 0.3) is 21.7 Å². The second-order valence-corrected chi connectivity index (χ2v) is 3.45. The molecule has 0 saturated carbocycles. The monoisotopic (exact) mass is 196 g/mol. The van der Waals surface area contributed by atoms with E-state index in [0.717, 1.165) is 16.4 Å². The largest absolute Gasteiger partial charge is 0.464 e. The summed E-state index contributed by atoms with van der Waals surface area (Å²) in [5, 5.41) is 2.52. The molecule has 0 aliphatic heterocycles. The Kier molecular flexibility index (Phi) is 1.62. The number of furan rings is 1. The lowest BCUT2D eigenvalue weighted by Gasteiger charge is -1.90. The van der Waals surface area contributed by atoms with Crippen LogP contribution in [0.1, 0.15) is 0 Å². The van der Waals surface area contributed by atoms with Crippen molar-refractivity contribution in [3.05, 3.63) is 59.0 Å². The van der Waals surface area contributed by atoms with Gasteiger partial charge in [0.15, 0.2) is 5.43 Å². The Morgan fingerprint density at radius 2 is 1.67 bits per heavy atom. The Morgan fingerprint density at radius 1 is 0.867 bits per heavy atom. The van der Waals surface area contributed by atoms with E-state index < -0.39 is 0 Å². The van der Waals surface area contributed by atoms with Gasteiger partial charge in [-0.3, -0.25) is 4.79 Å². The van der Waals surface area contributed by atoms with Crippen LogP contribution in [0.2, 0.25) is 0 Å². The molecule has 3 aromatic rings. The maximum absolute atomic E-state index is 11.7. The van der Waals surface area contributed by atoms with Gasteiger partial charge in [0.2, 0.25) is 0 Å². The molecule has 1 aromatic heterocycles. The van der Waals surface area contributed by atoms with Crippen LogP contribution in [0.15, 0.2) is 57.9 Å². The molecular weight excluding hydrogens is 188 g/mol. The summed E-state index contributed by atoms with van der Waals surface area (Å²) in [6.45, 7) is 0. The van der Waals surface area contributed by atoms with Gasteiger partial charge in [0, 0.05) is 16.2 Å². The number of hydrogen-bond donors (Lipinski definition) is 0. The minimum atomic E-state index is 0.0250. The molecule has 2 aromatic carbocycles. The predicted octanol–water partition coefficient (Wildman–Crippen LogP) is 2.95. The van der Waals surface area contributed by atoms with E-state index in [1.807, 2.05) is 30.3 Å². The van der Waals surface area contributed by atoms with E-state index in [0.29, 0.717) is 5.39 Å². The average molecular weight is 196 g/mol. The fourth-order valence-electron chi connectivity index (χ4n) is 1.82. The van der Waals surface area contributed by atoms with Crippen molar-refractivity contribution < 1.29 is 4.42 Å². The highest BCUT2D eigenvalue weighted by Gasteiger charge is 2.02. The average Bonchev–Trinajstić information content (AvgIpc) is 2.69. The minimum Gasteiger partial charge on any atom is -0.464 e. The molecule has 0 bridgehead atoms. The zero-order valence-corrected chi connectivity index (χ0v) is 7.94. The van der Waals surface area contributed by atoms with Gasteiger partial charge in [0.1, 0.15) is 5.58 Å². The van der Waals surface area contributed by atoms with Crippen LogP contribution in [-0.2, 0) is 0 Å². The van der Waals surface area contributed by atoms with Crippen LogP contribution in [0.4, 0.5) is 0 Å². The van der Waals surface area contributed by atoms with Crippen molar-refractivity contribution in [3.63, 3.8) is 0 Å². The van der Waals surface area contributed by atoms with E-state index in [2.05, 4.69) is 0 Å². The van der Waals surface area contributed by atoms with Gasteiger partial charge in [-0.05, 0) is 18.2 Å².